The fourth-order valence-electron chi connectivity index (χ4n) is 2.61. The minimum absolute atomic E-state index is 0.273. The van der Waals surface area contributed by atoms with Gasteiger partial charge in [0.2, 0.25) is 5.90 Å². The van der Waals surface area contributed by atoms with Crippen LogP contribution < -0.4 is 0 Å². The zero-order valence-electron chi connectivity index (χ0n) is 12.6. The molecule has 1 aliphatic heterocycles. The SMILES string of the molecule is O=C1OC(c2cccc(Cl)c2)=N/C1=C/c1ccc2ccccc2c1. The van der Waals surface area contributed by atoms with Crippen LogP contribution in [-0.2, 0) is 9.53 Å². The quantitative estimate of drug-likeness (QED) is 0.497. The number of benzene rings is 3. The summed E-state index contributed by atoms with van der Waals surface area (Å²) < 4.78 is 5.26. The highest BCUT2D eigenvalue weighted by molar-refractivity contribution is 6.31. The van der Waals surface area contributed by atoms with Crippen LogP contribution in [0, 0.1) is 0 Å². The van der Waals surface area contributed by atoms with E-state index in [0.29, 0.717) is 10.6 Å². The maximum absolute atomic E-state index is 12.1. The van der Waals surface area contributed by atoms with Crippen LogP contribution in [-0.4, -0.2) is 11.9 Å². The van der Waals surface area contributed by atoms with Gasteiger partial charge in [-0.25, -0.2) is 9.79 Å². The maximum atomic E-state index is 12.1. The number of rotatable bonds is 2. The highest BCUT2D eigenvalue weighted by Crippen LogP contribution is 2.22. The summed E-state index contributed by atoms with van der Waals surface area (Å²) in [4.78, 5) is 16.4. The van der Waals surface area contributed by atoms with Crippen LogP contribution in [0.2, 0.25) is 5.02 Å². The molecule has 24 heavy (non-hydrogen) atoms. The highest BCUT2D eigenvalue weighted by atomic mass is 35.5. The molecule has 1 aliphatic rings. The van der Waals surface area contributed by atoms with Crippen molar-refractivity contribution in [1.82, 2.24) is 0 Å². The number of aliphatic imine (C=N–C) groups is 1. The third-order valence-corrected chi connectivity index (χ3v) is 4.00. The van der Waals surface area contributed by atoms with Crippen LogP contribution in [0.4, 0.5) is 0 Å². The first-order valence-electron chi connectivity index (χ1n) is 7.46. The topological polar surface area (TPSA) is 38.7 Å². The Morgan fingerprint density at radius 3 is 2.58 bits per heavy atom. The van der Waals surface area contributed by atoms with Gasteiger partial charge in [-0.15, -0.1) is 0 Å². The zero-order valence-corrected chi connectivity index (χ0v) is 13.3. The molecule has 0 fully saturated rings. The second kappa shape index (κ2) is 5.95. The smallest absolute Gasteiger partial charge is 0.363 e. The Morgan fingerprint density at radius 2 is 1.75 bits per heavy atom. The largest absolute Gasteiger partial charge is 0.402 e. The number of hydrogen-bond acceptors (Lipinski definition) is 3. The van der Waals surface area contributed by atoms with Gasteiger partial charge in [0.25, 0.3) is 0 Å². The van der Waals surface area contributed by atoms with Crippen LogP contribution in [0.5, 0.6) is 0 Å². The molecule has 3 aromatic rings. The number of halogens is 1. The molecule has 4 heteroatoms. The molecule has 1 heterocycles. The van der Waals surface area contributed by atoms with Gasteiger partial charge in [-0.2, -0.15) is 0 Å². The molecule has 116 valence electrons. The maximum Gasteiger partial charge on any atom is 0.363 e. The Balaban J connectivity index is 1.71. The molecule has 0 radical (unpaired) electrons. The Labute approximate surface area is 143 Å². The third kappa shape index (κ3) is 2.82. The van der Waals surface area contributed by atoms with E-state index >= 15 is 0 Å². The zero-order chi connectivity index (χ0) is 16.5. The number of fused-ring (bicyclic) bond motifs is 1. The summed E-state index contributed by atoms with van der Waals surface area (Å²) in [7, 11) is 0. The molecule has 0 saturated carbocycles. The van der Waals surface area contributed by atoms with E-state index in [1.165, 1.54) is 0 Å². The molecule has 0 atom stereocenters. The molecule has 0 N–H and O–H groups in total. The van der Waals surface area contributed by atoms with E-state index in [0.717, 1.165) is 16.3 Å². The molecule has 0 aliphatic carbocycles. The van der Waals surface area contributed by atoms with E-state index in [9.17, 15) is 4.79 Å². The van der Waals surface area contributed by atoms with Crippen molar-refractivity contribution in [1.29, 1.82) is 0 Å². The van der Waals surface area contributed by atoms with E-state index < -0.39 is 5.97 Å². The summed E-state index contributed by atoms with van der Waals surface area (Å²) in [5.74, 6) is -0.187. The van der Waals surface area contributed by atoms with Gasteiger partial charge < -0.3 is 4.74 Å². The Morgan fingerprint density at radius 1 is 0.917 bits per heavy atom. The lowest BCUT2D eigenvalue weighted by molar-refractivity contribution is -0.129. The normalized spacial score (nSPS) is 15.6. The number of esters is 1. The van der Waals surface area contributed by atoms with Gasteiger partial charge in [-0.3, -0.25) is 0 Å². The molecule has 4 rings (SSSR count). The number of cyclic esters (lactones) is 1. The molecular formula is C20H12ClNO2. The van der Waals surface area contributed by atoms with Crippen molar-refractivity contribution in [3.05, 3.63) is 88.6 Å². The molecule has 0 aromatic heterocycles. The first kappa shape index (κ1) is 14.7. The van der Waals surface area contributed by atoms with E-state index in [2.05, 4.69) is 4.99 Å². The lowest BCUT2D eigenvalue weighted by atomic mass is 10.1. The van der Waals surface area contributed by atoms with Crippen LogP contribution >= 0.6 is 11.6 Å². The predicted molar refractivity (Wildman–Crippen MR) is 96.0 cm³/mol. The first-order chi connectivity index (χ1) is 11.7. The standard InChI is InChI=1S/C20H12ClNO2/c21-17-7-3-6-16(12-17)19-22-18(20(23)24-19)11-13-8-9-14-4-1-2-5-15(14)10-13/h1-12H/b18-11+. The van der Waals surface area contributed by atoms with Crippen molar-refractivity contribution in [2.24, 2.45) is 4.99 Å². The van der Waals surface area contributed by atoms with E-state index in [1.54, 1.807) is 30.3 Å². The van der Waals surface area contributed by atoms with E-state index in [4.69, 9.17) is 16.3 Å². The fraction of sp³-hybridized carbons (Fsp3) is 0. The van der Waals surface area contributed by atoms with Crippen LogP contribution in [0.15, 0.2) is 77.4 Å². The molecule has 3 nitrogen and oxygen atoms in total. The molecular weight excluding hydrogens is 322 g/mol. The molecule has 0 spiro atoms. The van der Waals surface area contributed by atoms with E-state index in [1.807, 2.05) is 42.5 Å². The number of ether oxygens (including phenoxy) is 1. The molecule has 0 amide bonds. The minimum atomic E-state index is -0.460. The summed E-state index contributed by atoms with van der Waals surface area (Å²) in [5, 5.41) is 2.83. The number of carbonyl (C=O) groups excluding carboxylic acids is 1. The Kier molecular flexibility index (Phi) is 3.63. The van der Waals surface area contributed by atoms with Crippen LogP contribution in [0.3, 0.4) is 0 Å². The molecule has 0 saturated heterocycles. The van der Waals surface area contributed by atoms with Gasteiger partial charge in [0.1, 0.15) is 0 Å². The first-order valence-corrected chi connectivity index (χ1v) is 7.84. The van der Waals surface area contributed by atoms with E-state index in [-0.39, 0.29) is 11.6 Å². The predicted octanol–water partition coefficient (Wildman–Crippen LogP) is 4.84. The monoisotopic (exact) mass is 333 g/mol. The Bertz CT molecular complexity index is 1020. The summed E-state index contributed by atoms with van der Waals surface area (Å²) in [5.41, 5.74) is 1.86. The molecule has 0 bridgehead atoms. The summed E-state index contributed by atoms with van der Waals surface area (Å²) in [6.07, 6.45) is 1.73. The van der Waals surface area contributed by atoms with Gasteiger partial charge in [-0.05, 0) is 46.7 Å². The average molecular weight is 334 g/mol. The number of carbonyl (C=O) groups is 1. The van der Waals surface area contributed by atoms with Crippen LogP contribution in [0.25, 0.3) is 16.8 Å². The molecule has 0 unspecified atom stereocenters. The number of nitrogens with zero attached hydrogens (tertiary/aromatic N) is 1. The highest BCUT2D eigenvalue weighted by Gasteiger charge is 2.24. The van der Waals surface area contributed by atoms with Crippen molar-refractivity contribution >= 4 is 40.3 Å². The summed E-state index contributed by atoms with van der Waals surface area (Å²) in [6.45, 7) is 0. The van der Waals surface area contributed by atoms with Crippen molar-refractivity contribution in [3.63, 3.8) is 0 Å². The fourth-order valence-corrected chi connectivity index (χ4v) is 2.80. The summed E-state index contributed by atoms with van der Waals surface area (Å²) >= 11 is 5.97. The lowest BCUT2D eigenvalue weighted by Gasteiger charge is -1.99. The minimum Gasteiger partial charge on any atom is -0.402 e. The Hall–Kier alpha value is -2.91. The van der Waals surface area contributed by atoms with Gasteiger partial charge in [0.05, 0.1) is 0 Å². The lowest BCUT2D eigenvalue weighted by Crippen LogP contribution is -2.05. The van der Waals surface area contributed by atoms with Crippen molar-refractivity contribution < 1.29 is 9.53 Å². The van der Waals surface area contributed by atoms with Crippen molar-refractivity contribution in [2.75, 3.05) is 0 Å². The summed E-state index contributed by atoms with van der Waals surface area (Å²) in [6, 6.07) is 21.1. The molecule has 3 aromatic carbocycles. The van der Waals surface area contributed by atoms with Crippen molar-refractivity contribution in [2.45, 2.75) is 0 Å². The average Bonchev–Trinajstić information content (AvgIpc) is 2.96. The van der Waals surface area contributed by atoms with Gasteiger partial charge in [0.15, 0.2) is 5.70 Å². The van der Waals surface area contributed by atoms with Crippen LogP contribution in [0.1, 0.15) is 11.1 Å². The van der Waals surface area contributed by atoms with Gasteiger partial charge >= 0.3 is 5.97 Å². The van der Waals surface area contributed by atoms with Crippen molar-refractivity contribution in [3.8, 4) is 0 Å². The number of hydrogen-bond donors (Lipinski definition) is 0. The van der Waals surface area contributed by atoms with Gasteiger partial charge in [-0.1, -0.05) is 54.1 Å². The van der Waals surface area contributed by atoms with Gasteiger partial charge in [0, 0.05) is 10.6 Å². The third-order valence-electron chi connectivity index (χ3n) is 3.77. The second-order valence-corrected chi connectivity index (χ2v) is 5.89. The second-order valence-electron chi connectivity index (χ2n) is 5.45.